The van der Waals surface area contributed by atoms with E-state index in [-0.39, 0.29) is 11.5 Å². The molecule has 0 saturated carbocycles. The number of anilines is 1. The molecule has 0 saturated heterocycles. The first-order valence-electron chi connectivity index (χ1n) is 6.74. The van der Waals surface area contributed by atoms with E-state index in [0.717, 1.165) is 21.8 Å². The summed E-state index contributed by atoms with van der Waals surface area (Å²) in [5.74, 6) is 0.943. The summed E-state index contributed by atoms with van der Waals surface area (Å²) >= 11 is 5.23. The van der Waals surface area contributed by atoms with Crippen LogP contribution in [-0.4, -0.2) is 6.54 Å². The number of nitrogens with one attached hydrogen (secondary N) is 1. The van der Waals surface area contributed by atoms with E-state index in [2.05, 4.69) is 72.3 Å². The average molecular weight is 352 g/mol. The molecule has 0 fully saturated rings. The Kier molecular flexibility index (Phi) is 3.55. The van der Waals surface area contributed by atoms with Crippen LogP contribution in [0.5, 0.6) is 5.75 Å². The van der Waals surface area contributed by atoms with Crippen LogP contribution in [0.1, 0.15) is 37.3 Å². The first-order valence-corrected chi connectivity index (χ1v) is 8.35. The maximum absolute atomic E-state index is 6.13. The van der Waals surface area contributed by atoms with Gasteiger partial charge in [0.15, 0.2) is 6.10 Å². The van der Waals surface area contributed by atoms with Crippen LogP contribution in [-0.2, 0) is 5.41 Å². The van der Waals surface area contributed by atoms with Crippen LogP contribution < -0.4 is 10.1 Å². The van der Waals surface area contributed by atoms with E-state index in [1.54, 1.807) is 11.3 Å². The lowest BCUT2D eigenvalue weighted by atomic mass is 9.86. The first-order chi connectivity index (χ1) is 9.43. The summed E-state index contributed by atoms with van der Waals surface area (Å²) < 4.78 is 7.27. The zero-order valence-electron chi connectivity index (χ0n) is 11.9. The Morgan fingerprint density at radius 3 is 2.70 bits per heavy atom. The van der Waals surface area contributed by atoms with Crippen molar-refractivity contribution in [2.75, 3.05) is 11.9 Å². The molecule has 1 aliphatic rings. The highest BCUT2D eigenvalue weighted by atomic mass is 79.9. The van der Waals surface area contributed by atoms with Crippen LogP contribution in [0.2, 0.25) is 0 Å². The lowest BCUT2D eigenvalue weighted by Crippen LogP contribution is -2.23. The predicted octanol–water partition coefficient (Wildman–Crippen LogP) is 5.35. The van der Waals surface area contributed by atoms with Crippen molar-refractivity contribution in [1.29, 1.82) is 0 Å². The third-order valence-electron chi connectivity index (χ3n) is 3.50. The molecule has 20 heavy (non-hydrogen) atoms. The average Bonchev–Trinajstić information content (AvgIpc) is 2.83. The second-order valence-electron chi connectivity index (χ2n) is 6.09. The van der Waals surface area contributed by atoms with Crippen molar-refractivity contribution in [3.05, 3.63) is 44.6 Å². The van der Waals surface area contributed by atoms with Crippen molar-refractivity contribution in [3.8, 4) is 5.75 Å². The number of rotatable bonds is 1. The summed E-state index contributed by atoms with van der Waals surface area (Å²) in [6.07, 6.45) is 0.0966. The monoisotopic (exact) mass is 351 g/mol. The van der Waals surface area contributed by atoms with Crippen molar-refractivity contribution in [2.24, 2.45) is 0 Å². The Balaban J connectivity index is 1.86. The van der Waals surface area contributed by atoms with Gasteiger partial charge < -0.3 is 10.1 Å². The largest absolute Gasteiger partial charge is 0.481 e. The van der Waals surface area contributed by atoms with Gasteiger partial charge >= 0.3 is 0 Å². The minimum Gasteiger partial charge on any atom is -0.481 e. The Morgan fingerprint density at radius 1 is 1.25 bits per heavy atom. The fourth-order valence-corrected chi connectivity index (χ4v) is 3.75. The Bertz CT molecular complexity index is 630. The van der Waals surface area contributed by atoms with Gasteiger partial charge in [0.2, 0.25) is 0 Å². The summed E-state index contributed by atoms with van der Waals surface area (Å²) in [5, 5.41) is 3.50. The molecule has 0 amide bonds. The third-order valence-corrected chi connectivity index (χ3v) is 5.22. The number of thiophene rings is 1. The zero-order valence-corrected chi connectivity index (χ0v) is 14.3. The van der Waals surface area contributed by atoms with E-state index in [4.69, 9.17) is 4.74 Å². The standard InChI is InChI=1S/C16H18BrNOS/c1-16(2,3)10-4-5-12-11(8-10)18-9-13(19-12)14-6-7-15(17)20-14/h4-8,13,18H,9H2,1-3H3. The van der Waals surface area contributed by atoms with Crippen molar-refractivity contribution in [1.82, 2.24) is 0 Å². The van der Waals surface area contributed by atoms with E-state index in [0.29, 0.717) is 0 Å². The van der Waals surface area contributed by atoms with E-state index in [1.807, 2.05) is 0 Å². The second-order valence-corrected chi connectivity index (χ2v) is 8.58. The molecule has 0 spiro atoms. The molecule has 2 heterocycles. The predicted molar refractivity (Wildman–Crippen MR) is 89.0 cm³/mol. The molecule has 1 atom stereocenters. The maximum atomic E-state index is 6.13. The van der Waals surface area contributed by atoms with Crippen LogP contribution in [0.15, 0.2) is 34.1 Å². The topological polar surface area (TPSA) is 21.3 Å². The number of fused-ring (bicyclic) bond motifs is 1. The second kappa shape index (κ2) is 5.08. The molecule has 2 nitrogen and oxygen atoms in total. The van der Waals surface area contributed by atoms with Crippen molar-refractivity contribution in [3.63, 3.8) is 0 Å². The molecule has 106 valence electrons. The first kappa shape index (κ1) is 14.0. The fraction of sp³-hybridized carbons (Fsp3) is 0.375. The number of hydrogen-bond donors (Lipinski definition) is 1. The SMILES string of the molecule is CC(C)(C)c1ccc2c(c1)NCC(c1ccc(Br)s1)O2. The van der Waals surface area contributed by atoms with Gasteiger partial charge in [-0.2, -0.15) is 0 Å². The smallest absolute Gasteiger partial charge is 0.150 e. The van der Waals surface area contributed by atoms with Crippen LogP contribution in [0.3, 0.4) is 0 Å². The summed E-state index contributed by atoms with van der Waals surface area (Å²) in [7, 11) is 0. The number of halogens is 1. The third kappa shape index (κ3) is 2.72. The molecule has 1 unspecified atom stereocenters. The highest BCUT2D eigenvalue weighted by Gasteiger charge is 2.24. The van der Waals surface area contributed by atoms with Gasteiger partial charge in [-0.1, -0.05) is 26.8 Å². The minimum atomic E-state index is 0.0966. The van der Waals surface area contributed by atoms with Crippen molar-refractivity contribution in [2.45, 2.75) is 32.3 Å². The Morgan fingerprint density at radius 2 is 2.05 bits per heavy atom. The van der Waals surface area contributed by atoms with Crippen LogP contribution >= 0.6 is 27.3 Å². The molecule has 0 bridgehead atoms. The summed E-state index contributed by atoms with van der Waals surface area (Å²) in [4.78, 5) is 1.25. The van der Waals surface area contributed by atoms with E-state index >= 15 is 0 Å². The van der Waals surface area contributed by atoms with Crippen molar-refractivity contribution < 1.29 is 4.74 Å². The fourth-order valence-electron chi connectivity index (χ4n) is 2.29. The van der Waals surface area contributed by atoms with Crippen LogP contribution in [0.25, 0.3) is 0 Å². The number of benzene rings is 1. The summed E-state index contributed by atoms with van der Waals surface area (Å²) in [5.41, 5.74) is 2.58. The molecule has 1 aliphatic heterocycles. The molecule has 1 N–H and O–H groups in total. The van der Waals surface area contributed by atoms with E-state index in [1.165, 1.54) is 10.4 Å². The van der Waals surface area contributed by atoms with Crippen LogP contribution in [0, 0.1) is 0 Å². The van der Waals surface area contributed by atoms with Gasteiger partial charge in [-0.15, -0.1) is 11.3 Å². The lowest BCUT2D eigenvalue weighted by molar-refractivity contribution is 0.214. The van der Waals surface area contributed by atoms with Gasteiger partial charge in [-0.05, 0) is 51.2 Å². The zero-order chi connectivity index (χ0) is 14.3. The number of hydrogen-bond acceptors (Lipinski definition) is 3. The Hall–Kier alpha value is -1.000. The molecule has 3 rings (SSSR count). The molecule has 0 aliphatic carbocycles. The summed E-state index contributed by atoms with van der Waals surface area (Å²) in [6, 6.07) is 10.6. The maximum Gasteiger partial charge on any atom is 0.150 e. The quantitative estimate of drug-likeness (QED) is 0.747. The molecule has 0 radical (unpaired) electrons. The molecule has 1 aromatic carbocycles. The number of ether oxygens (including phenoxy) is 1. The molecule has 1 aromatic heterocycles. The minimum absolute atomic E-state index is 0.0966. The van der Waals surface area contributed by atoms with Gasteiger partial charge in [0.05, 0.1) is 16.0 Å². The Labute approximate surface area is 132 Å². The van der Waals surface area contributed by atoms with Crippen LogP contribution in [0.4, 0.5) is 5.69 Å². The highest BCUT2D eigenvalue weighted by Crippen LogP contribution is 2.39. The van der Waals surface area contributed by atoms with Gasteiger partial charge in [0.25, 0.3) is 0 Å². The van der Waals surface area contributed by atoms with Gasteiger partial charge in [-0.25, -0.2) is 0 Å². The summed E-state index contributed by atoms with van der Waals surface area (Å²) in [6.45, 7) is 7.49. The van der Waals surface area contributed by atoms with E-state index < -0.39 is 0 Å². The molecule has 4 heteroatoms. The van der Waals surface area contributed by atoms with Gasteiger partial charge in [0.1, 0.15) is 5.75 Å². The van der Waals surface area contributed by atoms with Gasteiger partial charge in [0, 0.05) is 4.88 Å². The molecular weight excluding hydrogens is 334 g/mol. The van der Waals surface area contributed by atoms with E-state index in [9.17, 15) is 0 Å². The normalized spacial score (nSPS) is 18.1. The van der Waals surface area contributed by atoms with Crippen molar-refractivity contribution >= 4 is 33.0 Å². The highest BCUT2D eigenvalue weighted by molar-refractivity contribution is 9.11. The van der Waals surface area contributed by atoms with Gasteiger partial charge in [-0.3, -0.25) is 0 Å². The molecule has 2 aromatic rings. The molecular formula is C16H18BrNOS. The lowest BCUT2D eigenvalue weighted by Gasteiger charge is -2.29.